The highest BCUT2D eigenvalue weighted by Gasteiger charge is 2.14. The number of halogens is 1. The summed E-state index contributed by atoms with van der Waals surface area (Å²) in [7, 11) is 1.90. The van der Waals surface area contributed by atoms with Crippen molar-refractivity contribution >= 4 is 11.6 Å². The summed E-state index contributed by atoms with van der Waals surface area (Å²) in [6, 6.07) is 15.9. The van der Waals surface area contributed by atoms with Gasteiger partial charge in [0, 0.05) is 11.7 Å². The number of nitrogens with zero attached hydrogens (tertiary/aromatic N) is 1. The van der Waals surface area contributed by atoms with Crippen LogP contribution in [0.5, 0.6) is 0 Å². The highest BCUT2D eigenvalue weighted by molar-refractivity contribution is 5.92. The van der Waals surface area contributed by atoms with E-state index in [0.717, 1.165) is 5.56 Å². The molecular weight excluding hydrogens is 267 g/mol. The number of benzene rings is 2. The summed E-state index contributed by atoms with van der Waals surface area (Å²) in [5.41, 5.74) is 1.76. The summed E-state index contributed by atoms with van der Waals surface area (Å²) in [6.45, 7) is 2.33. The zero-order valence-electron chi connectivity index (χ0n) is 12.2. The molecule has 0 saturated carbocycles. The first kappa shape index (κ1) is 15.2. The van der Waals surface area contributed by atoms with Gasteiger partial charge in [-0.15, -0.1) is 0 Å². The quantitative estimate of drug-likeness (QED) is 0.913. The minimum Gasteiger partial charge on any atom is -0.325 e. The average Bonchev–Trinajstić information content (AvgIpc) is 2.49. The Morgan fingerprint density at radius 3 is 2.38 bits per heavy atom. The topological polar surface area (TPSA) is 32.3 Å². The third-order valence-electron chi connectivity index (χ3n) is 3.46. The van der Waals surface area contributed by atoms with Crippen molar-refractivity contribution in [2.24, 2.45) is 0 Å². The van der Waals surface area contributed by atoms with Gasteiger partial charge in [-0.3, -0.25) is 9.69 Å². The van der Waals surface area contributed by atoms with Gasteiger partial charge in [0.15, 0.2) is 0 Å². The molecule has 0 saturated heterocycles. The van der Waals surface area contributed by atoms with Gasteiger partial charge in [0.1, 0.15) is 5.82 Å². The Morgan fingerprint density at radius 2 is 1.76 bits per heavy atom. The Labute approximate surface area is 124 Å². The summed E-state index contributed by atoms with van der Waals surface area (Å²) in [4.78, 5) is 14.0. The monoisotopic (exact) mass is 286 g/mol. The van der Waals surface area contributed by atoms with Crippen molar-refractivity contribution in [2.45, 2.75) is 13.0 Å². The molecule has 2 aromatic carbocycles. The van der Waals surface area contributed by atoms with E-state index in [4.69, 9.17) is 0 Å². The van der Waals surface area contributed by atoms with E-state index in [1.165, 1.54) is 12.1 Å². The SMILES string of the molecule is C[C@@H](c1ccccc1)N(C)CC(=O)Nc1ccc(F)cc1. The van der Waals surface area contributed by atoms with Crippen molar-refractivity contribution in [1.29, 1.82) is 0 Å². The van der Waals surface area contributed by atoms with Crippen molar-refractivity contribution in [2.75, 3.05) is 18.9 Å². The fraction of sp³-hybridized carbons (Fsp3) is 0.235. The van der Waals surface area contributed by atoms with E-state index in [1.807, 2.05) is 42.3 Å². The number of likely N-dealkylation sites (N-methyl/N-ethyl adjacent to an activating group) is 1. The summed E-state index contributed by atoms with van der Waals surface area (Å²) in [5, 5.41) is 2.76. The molecule has 1 atom stereocenters. The van der Waals surface area contributed by atoms with Gasteiger partial charge in [-0.25, -0.2) is 4.39 Å². The van der Waals surface area contributed by atoms with Gasteiger partial charge in [0.2, 0.25) is 5.91 Å². The molecule has 110 valence electrons. The van der Waals surface area contributed by atoms with Gasteiger partial charge in [-0.1, -0.05) is 30.3 Å². The van der Waals surface area contributed by atoms with E-state index in [0.29, 0.717) is 5.69 Å². The number of hydrogen-bond acceptors (Lipinski definition) is 2. The number of carbonyl (C=O) groups excluding carboxylic acids is 1. The second kappa shape index (κ2) is 6.99. The molecule has 0 aromatic heterocycles. The Morgan fingerprint density at radius 1 is 1.14 bits per heavy atom. The van der Waals surface area contributed by atoms with Gasteiger partial charge in [0.05, 0.1) is 6.54 Å². The van der Waals surface area contributed by atoms with Crippen LogP contribution in [0.15, 0.2) is 54.6 Å². The third-order valence-corrected chi connectivity index (χ3v) is 3.46. The molecule has 4 heteroatoms. The van der Waals surface area contributed by atoms with Gasteiger partial charge >= 0.3 is 0 Å². The van der Waals surface area contributed by atoms with Crippen LogP contribution in [-0.2, 0) is 4.79 Å². The first-order chi connectivity index (χ1) is 10.1. The molecule has 1 N–H and O–H groups in total. The van der Waals surface area contributed by atoms with E-state index < -0.39 is 0 Å². The normalized spacial score (nSPS) is 12.2. The molecule has 21 heavy (non-hydrogen) atoms. The van der Waals surface area contributed by atoms with Crippen molar-refractivity contribution < 1.29 is 9.18 Å². The number of rotatable bonds is 5. The van der Waals surface area contributed by atoms with Crippen molar-refractivity contribution in [3.8, 4) is 0 Å². The predicted octanol–water partition coefficient (Wildman–Crippen LogP) is 3.46. The van der Waals surface area contributed by atoms with Crippen LogP contribution in [0.1, 0.15) is 18.5 Å². The maximum atomic E-state index is 12.8. The lowest BCUT2D eigenvalue weighted by Crippen LogP contribution is -2.32. The highest BCUT2D eigenvalue weighted by atomic mass is 19.1. The summed E-state index contributed by atoms with van der Waals surface area (Å²) < 4.78 is 12.8. The number of amides is 1. The van der Waals surface area contributed by atoms with Crippen molar-refractivity contribution in [3.05, 3.63) is 66.0 Å². The van der Waals surface area contributed by atoms with Crippen LogP contribution in [0.3, 0.4) is 0 Å². The average molecular weight is 286 g/mol. The number of nitrogens with one attached hydrogen (secondary N) is 1. The molecule has 0 aliphatic rings. The molecular formula is C17H19FN2O. The fourth-order valence-electron chi connectivity index (χ4n) is 2.08. The van der Waals surface area contributed by atoms with E-state index in [-0.39, 0.29) is 24.3 Å². The highest BCUT2D eigenvalue weighted by Crippen LogP contribution is 2.18. The second-order valence-electron chi connectivity index (χ2n) is 5.06. The summed E-state index contributed by atoms with van der Waals surface area (Å²) >= 11 is 0. The molecule has 0 spiro atoms. The summed E-state index contributed by atoms with van der Waals surface area (Å²) in [6.07, 6.45) is 0. The lowest BCUT2D eigenvalue weighted by atomic mass is 10.1. The minimum absolute atomic E-state index is 0.119. The second-order valence-corrected chi connectivity index (χ2v) is 5.06. The van der Waals surface area contributed by atoms with E-state index in [2.05, 4.69) is 12.2 Å². The standard InChI is InChI=1S/C17H19FN2O/c1-13(14-6-4-3-5-7-14)20(2)12-17(21)19-16-10-8-15(18)9-11-16/h3-11,13H,12H2,1-2H3,(H,19,21)/t13-/m0/s1. The minimum atomic E-state index is -0.317. The van der Waals surface area contributed by atoms with E-state index in [9.17, 15) is 9.18 Å². The van der Waals surface area contributed by atoms with Gasteiger partial charge in [-0.2, -0.15) is 0 Å². The molecule has 0 bridgehead atoms. The number of carbonyl (C=O) groups is 1. The molecule has 0 fully saturated rings. The van der Waals surface area contributed by atoms with Crippen molar-refractivity contribution in [3.63, 3.8) is 0 Å². The Balaban J connectivity index is 1.91. The first-order valence-corrected chi connectivity index (χ1v) is 6.87. The number of anilines is 1. The molecule has 0 heterocycles. The molecule has 0 aliphatic heterocycles. The van der Waals surface area contributed by atoms with Crippen LogP contribution in [0.4, 0.5) is 10.1 Å². The van der Waals surface area contributed by atoms with Crippen LogP contribution in [0.25, 0.3) is 0 Å². The van der Waals surface area contributed by atoms with Gasteiger partial charge < -0.3 is 5.32 Å². The molecule has 2 rings (SSSR count). The van der Waals surface area contributed by atoms with Crippen molar-refractivity contribution in [1.82, 2.24) is 4.90 Å². The Bertz CT molecular complexity index is 583. The summed E-state index contributed by atoms with van der Waals surface area (Å²) in [5.74, 6) is -0.435. The van der Waals surface area contributed by atoms with E-state index >= 15 is 0 Å². The molecule has 0 radical (unpaired) electrons. The predicted molar refractivity (Wildman–Crippen MR) is 82.5 cm³/mol. The Kier molecular flexibility index (Phi) is 5.06. The van der Waals surface area contributed by atoms with Crippen LogP contribution in [-0.4, -0.2) is 24.4 Å². The fourth-order valence-corrected chi connectivity index (χ4v) is 2.08. The first-order valence-electron chi connectivity index (χ1n) is 6.87. The maximum Gasteiger partial charge on any atom is 0.238 e. The van der Waals surface area contributed by atoms with Crippen LogP contribution >= 0.6 is 0 Å². The van der Waals surface area contributed by atoms with E-state index in [1.54, 1.807) is 12.1 Å². The largest absolute Gasteiger partial charge is 0.325 e. The van der Waals surface area contributed by atoms with Crippen LogP contribution in [0.2, 0.25) is 0 Å². The van der Waals surface area contributed by atoms with Gasteiger partial charge in [-0.05, 0) is 43.8 Å². The Hall–Kier alpha value is -2.20. The molecule has 0 aliphatic carbocycles. The molecule has 3 nitrogen and oxygen atoms in total. The smallest absolute Gasteiger partial charge is 0.238 e. The molecule has 0 unspecified atom stereocenters. The van der Waals surface area contributed by atoms with Crippen LogP contribution < -0.4 is 5.32 Å². The maximum absolute atomic E-state index is 12.8. The molecule has 2 aromatic rings. The lowest BCUT2D eigenvalue weighted by molar-refractivity contribution is -0.117. The lowest BCUT2D eigenvalue weighted by Gasteiger charge is -2.24. The van der Waals surface area contributed by atoms with Gasteiger partial charge in [0.25, 0.3) is 0 Å². The number of hydrogen-bond donors (Lipinski definition) is 1. The molecule has 1 amide bonds. The zero-order chi connectivity index (χ0) is 15.2. The zero-order valence-corrected chi connectivity index (χ0v) is 12.2. The third kappa shape index (κ3) is 4.39. The van der Waals surface area contributed by atoms with Crippen LogP contribution in [0, 0.1) is 5.82 Å².